The SMILES string of the molecule is CC(=O)N1CCN2c3ccc([N+](=O)[O-])cc3CC3(C(=O)N(C)C(=O)N(C)C3=O)C2C1. The minimum Gasteiger partial charge on any atom is -0.363 e. The Morgan fingerprint density at radius 2 is 1.77 bits per heavy atom. The van der Waals surface area contributed by atoms with Crippen molar-refractivity contribution in [3.05, 3.63) is 33.9 Å². The van der Waals surface area contributed by atoms with Crippen LogP contribution >= 0.6 is 0 Å². The number of anilines is 1. The van der Waals surface area contributed by atoms with Gasteiger partial charge in [-0.2, -0.15) is 0 Å². The quantitative estimate of drug-likeness (QED) is 0.365. The van der Waals surface area contributed by atoms with Crippen LogP contribution in [-0.2, 0) is 20.8 Å². The fourth-order valence-corrected chi connectivity index (χ4v) is 4.83. The second-order valence-corrected chi connectivity index (χ2v) is 7.90. The molecule has 2 fully saturated rings. The molecule has 0 bridgehead atoms. The van der Waals surface area contributed by atoms with Gasteiger partial charge < -0.3 is 9.80 Å². The third kappa shape index (κ3) is 2.50. The minimum absolute atomic E-state index is 0.0868. The molecule has 3 aliphatic heterocycles. The lowest BCUT2D eigenvalue weighted by Gasteiger charge is -2.56. The molecule has 1 spiro atoms. The molecule has 0 aliphatic carbocycles. The van der Waals surface area contributed by atoms with E-state index < -0.39 is 34.2 Å². The number of urea groups is 1. The zero-order chi connectivity index (χ0) is 22.0. The van der Waals surface area contributed by atoms with Crippen molar-refractivity contribution < 1.29 is 24.1 Å². The first-order chi connectivity index (χ1) is 14.1. The van der Waals surface area contributed by atoms with Gasteiger partial charge in [-0.05, 0) is 11.6 Å². The molecule has 11 nitrogen and oxygen atoms in total. The Bertz CT molecular complexity index is 983. The summed E-state index contributed by atoms with van der Waals surface area (Å²) >= 11 is 0. The van der Waals surface area contributed by atoms with Crippen LogP contribution in [0, 0.1) is 15.5 Å². The molecule has 11 heteroatoms. The van der Waals surface area contributed by atoms with E-state index in [1.165, 1.54) is 33.2 Å². The summed E-state index contributed by atoms with van der Waals surface area (Å²) in [6, 6.07) is 2.96. The number of nitrogens with zero attached hydrogens (tertiary/aromatic N) is 5. The predicted octanol–water partition coefficient (Wildman–Crippen LogP) is 0.225. The highest BCUT2D eigenvalue weighted by atomic mass is 16.6. The zero-order valence-corrected chi connectivity index (χ0v) is 16.8. The van der Waals surface area contributed by atoms with Gasteiger partial charge in [0.15, 0.2) is 5.41 Å². The van der Waals surface area contributed by atoms with E-state index in [-0.39, 0.29) is 24.6 Å². The van der Waals surface area contributed by atoms with Crippen molar-refractivity contribution in [1.82, 2.24) is 14.7 Å². The number of nitro benzene ring substituents is 1. The highest BCUT2D eigenvalue weighted by Gasteiger charge is 2.64. The number of amides is 5. The van der Waals surface area contributed by atoms with Crippen LogP contribution in [0.1, 0.15) is 12.5 Å². The Balaban J connectivity index is 1.92. The van der Waals surface area contributed by atoms with Crippen molar-refractivity contribution in [2.24, 2.45) is 5.41 Å². The van der Waals surface area contributed by atoms with Crippen molar-refractivity contribution in [2.45, 2.75) is 19.4 Å². The fourth-order valence-electron chi connectivity index (χ4n) is 4.83. The van der Waals surface area contributed by atoms with Crippen molar-refractivity contribution >= 4 is 35.1 Å². The lowest BCUT2D eigenvalue weighted by molar-refractivity contribution is -0.384. The van der Waals surface area contributed by atoms with Crippen molar-refractivity contribution in [3.63, 3.8) is 0 Å². The summed E-state index contributed by atoms with van der Waals surface area (Å²) in [5.41, 5.74) is -0.608. The van der Waals surface area contributed by atoms with Crippen LogP contribution in [0.3, 0.4) is 0 Å². The van der Waals surface area contributed by atoms with E-state index in [1.54, 1.807) is 11.0 Å². The topological polar surface area (TPSA) is 124 Å². The number of rotatable bonds is 1. The summed E-state index contributed by atoms with van der Waals surface area (Å²) in [6.45, 7) is 2.32. The molecule has 1 aromatic rings. The molecule has 2 saturated heterocycles. The second kappa shape index (κ2) is 6.51. The minimum atomic E-state index is -1.66. The molecule has 1 aromatic carbocycles. The zero-order valence-electron chi connectivity index (χ0n) is 16.8. The number of non-ortho nitro benzene ring substituents is 1. The maximum absolute atomic E-state index is 13.4. The molecule has 3 heterocycles. The molecular weight excluding hydrogens is 394 g/mol. The van der Waals surface area contributed by atoms with E-state index >= 15 is 0 Å². The van der Waals surface area contributed by atoms with Gasteiger partial charge in [0.05, 0.1) is 11.0 Å². The van der Waals surface area contributed by atoms with Gasteiger partial charge in [0.25, 0.3) is 5.69 Å². The predicted molar refractivity (Wildman–Crippen MR) is 104 cm³/mol. The molecular formula is C19H21N5O6. The van der Waals surface area contributed by atoms with Crippen LogP contribution < -0.4 is 4.90 Å². The Hall–Kier alpha value is -3.50. The number of imide groups is 2. The van der Waals surface area contributed by atoms with E-state index in [9.17, 15) is 29.3 Å². The number of carbonyl (C=O) groups excluding carboxylic acids is 4. The number of benzene rings is 1. The van der Waals surface area contributed by atoms with Crippen LogP contribution in [0.2, 0.25) is 0 Å². The van der Waals surface area contributed by atoms with Crippen molar-refractivity contribution in [2.75, 3.05) is 38.6 Å². The third-order valence-corrected chi connectivity index (χ3v) is 6.39. The molecule has 1 atom stereocenters. The molecule has 4 rings (SSSR count). The van der Waals surface area contributed by atoms with Gasteiger partial charge in [-0.1, -0.05) is 0 Å². The van der Waals surface area contributed by atoms with Gasteiger partial charge in [0, 0.05) is 64.9 Å². The maximum atomic E-state index is 13.4. The number of hydrogen-bond acceptors (Lipinski definition) is 7. The lowest BCUT2D eigenvalue weighted by Crippen LogP contribution is -2.74. The van der Waals surface area contributed by atoms with Gasteiger partial charge in [-0.3, -0.25) is 34.3 Å². The average Bonchev–Trinajstić information content (AvgIpc) is 2.73. The smallest absolute Gasteiger partial charge is 0.332 e. The molecule has 5 amide bonds. The fraction of sp³-hybridized carbons (Fsp3) is 0.474. The summed E-state index contributed by atoms with van der Waals surface area (Å²) < 4.78 is 0. The third-order valence-electron chi connectivity index (χ3n) is 6.39. The monoisotopic (exact) mass is 415 g/mol. The Morgan fingerprint density at radius 3 is 2.33 bits per heavy atom. The lowest BCUT2D eigenvalue weighted by atomic mass is 9.67. The molecule has 0 N–H and O–H groups in total. The Labute approximate surface area is 171 Å². The molecule has 30 heavy (non-hydrogen) atoms. The largest absolute Gasteiger partial charge is 0.363 e. The second-order valence-electron chi connectivity index (χ2n) is 7.90. The standard InChI is InChI=1S/C19H21N5O6/c1-11(25)22-6-7-23-14-5-4-13(24(29)30)8-12(14)9-19(15(23)10-22)16(26)20(2)18(28)21(3)17(19)27/h4-5,8,15H,6-7,9-10H2,1-3H3. The van der Waals surface area contributed by atoms with E-state index in [0.29, 0.717) is 24.3 Å². The molecule has 0 saturated carbocycles. The first-order valence-corrected chi connectivity index (χ1v) is 9.49. The van der Waals surface area contributed by atoms with E-state index in [2.05, 4.69) is 0 Å². The van der Waals surface area contributed by atoms with E-state index in [1.807, 2.05) is 4.90 Å². The summed E-state index contributed by atoms with van der Waals surface area (Å²) in [5.74, 6) is -1.49. The van der Waals surface area contributed by atoms with Crippen molar-refractivity contribution in [3.8, 4) is 0 Å². The van der Waals surface area contributed by atoms with Crippen molar-refractivity contribution in [1.29, 1.82) is 0 Å². The number of fused-ring (bicyclic) bond motifs is 4. The van der Waals surface area contributed by atoms with Crippen LogP contribution in [-0.4, -0.2) is 83.1 Å². The van der Waals surface area contributed by atoms with Crippen LogP contribution in [0.5, 0.6) is 0 Å². The maximum Gasteiger partial charge on any atom is 0.332 e. The van der Waals surface area contributed by atoms with Crippen LogP contribution in [0.25, 0.3) is 0 Å². The number of piperazine rings is 1. The van der Waals surface area contributed by atoms with E-state index in [4.69, 9.17) is 0 Å². The highest BCUT2D eigenvalue weighted by molar-refractivity contribution is 6.20. The number of barbiturate groups is 1. The molecule has 3 aliphatic rings. The average molecular weight is 415 g/mol. The van der Waals surface area contributed by atoms with Gasteiger partial charge in [-0.15, -0.1) is 0 Å². The molecule has 0 aromatic heterocycles. The highest BCUT2D eigenvalue weighted by Crippen LogP contribution is 2.47. The molecule has 158 valence electrons. The molecule has 1 unspecified atom stereocenters. The Morgan fingerprint density at radius 1 is 1.13 bits per heavy atom. The van der Waals surface area contributed by atoms with Gasteiger partial charge in [0.1, 0.15) is 0 Å². The van der Waals surface area contributed by atoms with Crippen LogP contribution in [0.4, 0.5) is 16.2 Å². The van der Waals surface area contributed by atoms with Crippen LogP contribution in [0.15, 0.2) is 18.2 Å². The normalized spacial score (nSPS) is 22.9. The van der Waals surface area contributed by atoms with Gasteiger partial charge in [-0.25, -0.2) is 4.79 Å². The number of hydrogen-bond donors (Lipinski definition) is 0. The summed E-state index contributed by atoms with van der Waals surface area (Å²) in [5, 5.41) is 11.3. The Kier molecular flexibility index (Phi) is 4.29. The van der Waals surface area contributed by atoms with Gasteiger partial charge >= 0.3 is 6.03 Å². The van der Waals surface area contributed by atoms with Gasteiger partial charge in [0.2, 0.25) is 17.7 Å². The summed E-state index contributed by atoms with van der Waals surface area (Å²) in [6.07, 6.45) is -0.0868. The van der Waals surface area contributed by atoms with E-state index in [0.717, 1.165) is 9.80 Å². The number of nitro groups is 1. The first kappa shape index (κ1) is 19.8. The summed E-state index contributed by atoms with van der Waals surface area (Å²) in [7, 11) is 2.63. The first-order valence-electron chi connectivity index (χ1n) is 9.49. The summed E-state index contributed by atoms with van der Waals surface area (Å²) in [4.78, 5) is 67.2. The molecule has 0 radical (unpaired) electrons. The number of carbonyl (C=O) groups is 4.